The fraction of sp³-hybridized carbons (Fsp3) is 0.409. The molecule has 1 amide bonds. The lowest BCUT2D eigenvalue weighted by molar-refractivity contribution is -0.144. The van der Waals surface area contributed by atoms with Crippen molar-refractivity contribution in [2.24, 2.45) is 17.6 Å². The van der Waals surface area contributed by atoms with Gasteiger partial charge in [0, 0.05) is 31.5 Å². The molecule has 10 nitrogen and oxygen atoms in total. The molecule has 10 heteroatoms. The largest absolute Gasteiger partial charge is 0.511 e. The molecular weight excluding hydrogens is 420 g/mol. The summed E-state index contributed by atoms with van der Waals surface area (Å²) in [5, 5.41) is 44.3. The van der Waals surface area contributed by atoms with Gasteiger partial charge in [-0.05, 0) is 36.0 Å². The minimum absolute atomic E-state index is 0.0105. The average Bonchev–Trinajstić information content (AvgIpc) is 2.72. The molecule has 0 aromatic heterocycles. The number of carbonyl (C=O) groups excluding carboxylic acids is 3. The van der Waals surface area contributed by atoms with Crippen LogP contribution < -0.4 is 5.73 Å². The molecule has 1 aromatic rings. The Labute approximate surface area is 183 Å². The second-order valence-electron chi connectivity index (χ2n) is 8.48. The van der Waals surface area contributed by atoms with E-state index in [2.05, 4.69) is 0 Å². The number of phenolic OH excluding ortho intramolecular Hbond substituents is 1. The molecule has 0 radical (unpaired) electrons. The smallest absolute Gasteiger partial charge is 0.255 e. The molecule has 170 valence electrons. The van der Waals surface area contributed by atoms with Gasteiger partial charge in [-0.2, -0.15) is 5.06 Å². The van der Waals surface area contributed by atoms with Crippen molar-refractivity contribution < 1.29 is 39.6 Å². The average molecular weight is 444 g/mol. The molecule has 0 saturated carbocycles. The molecule has 0 unspecified atom stereocenters. The van der Waals surface area contributed by atoms with E-state index in [9.17, 15) is 34.8 Å². The number of nitrogens with zero attached hydrogens (tertiary/aromatic N) is 1. The Kier molecular flexibility index (Phi) is 5.11. The SMILES string of the molecule is CON(C)Cc1ccc(O)c2c1C[C@H]1C[C@H]3CC(O)=C(C(N)=O)C(=O)[C@@]3(O)C(O)=C1C2=O. The van der Waals surface area contributed by atoms with Crippen molar-refractivity contribution in [3.05, 3.63) is 51.5 Å². The number of primary amides is 1. The van der Waals surface area contributed by atoms with E-state index in [1.54, 1.807) is 18.2 Å². The summed E-state index contributed by atoms with van der Waals surface area (Å²) in [6, 6.07) is 3.05. The number of rotatable bonds is 4. The monoisotopic (exact) mass is 444 g/mol. The first-order valence-electron chi connectivity index (χ1n) is 10.1. The van der Waals surface area contributed by atoms with Gasteiger partial charge < -0.3 is 31.0 Å². The molecule has 32 heavy (non-hydrogen) atoms. The number of phenols is 1. The molecular formula is C22H24N2O8. The van der Waals surface area contributed by atoms with Crippen LogP contribution in [0, 0.1) is 11.8 Å². The first-order chi connectivity index (χ1) is 15.0. The van der Waals surface area contributed by atoms with Crippen molar-refractivity contribution in [2.75, 3.05) is 14.2 Å². The number of aromatic hydroxyl groups is 1. The molecule has 0 spiro atoms. The van der Waals surface area contributed by atoms with Crippen LogP contribution in [0.1, 0.15) is 34.3 Å². The lowest BCUT2D eigenvalue weighted by atomic mass is 9.60. The highest BCUT2D eigenvalue weighted by atomic mass is 16.7. The number of amides is 1. The number of hydrogen-bond acceptors (Lipinski definition) is 9. The van der Waals surface area contributed by atoms with E-state index < -0.39 is 52.0 Å². The van der Waals surface area contributed by atoms with E-state index in [-0.39, 0.29) is 36.1 Å². The number of ketones is 2. The van der Waals surface area contributed by atoms with Crippen molar-refractivity contribution in [3.63, 3.8) is 0 Å². The van der Waals surface area contributed by atoms with Gasteiger partial charge in [0.25, 0.3) is 5.91 Å². The minimum Gasteiger partial charge on any atom is -0.511 e. The zero-order valence-corrected chi connectivity index (χ0v) is 17.6. The highest BCUT2D eigenvalue weighted by molar-refractivity contribution is 6.24. The lowest BCUT2D eigenvalue weighted by Crippen LogP contribution is -2.57. The van der Waals surface area contributed by atoms with Gasteiger partial charge in [-0.3, -0.25) is 14.4 Å². The maximum Gasteiger partial charge on any atom is 0.255 e. The van der Waals surface area contributed by atoms with E-state index in [4.69, 9.17) is 10.6 Å². The third kappa shape index (κ3) is 2.94. The zero-order valence-electron chi connectivity index (χ0n) is 17.6. The Hall–Kier alpha value is -3.21. The molecule has 0 fully saturated rings. The van der Waals surface area contributed by atoms with Gasteiger partial charge in [0.15, 0.2) is 11.4 Å². The molecule has 0 aliphatic heterocycles. The van der Waals surface area contributed by atoms with E-state index in [0.29, 0.717) is 12.1 Å². The summed E-state index contributed by atoms with van der Waals surface area (Å²) in [6.07, 6.45) is 0.0997. The highest BCUT2D eigenvalue weighted by Gasteiger charge is 2.59. The summed E-state index contributed by atoms with van der Waals surface area (Å²) < 4.78 is 0. The quantitative estimate of drug-likeness (QED) is 0.329. The maximum atomic E-state index is 13.4. The Balaban J connectivity index is 1.86. The van der Waals surface area contributed by atoms with Crippen LogP contribution in [0.25, 0.3) is 0 Å². The molecule has 1 aromatic carbocycles. The molecule has 0 bridgehead atoms. The molecule has 3 atom stereocenters. The third-order valence-corrected chi connectivity index (χ3v) is 6.75. The number of aliphatic hydroxyl groups is 3. The summed E-state index contributed by atoms with van der Waals surface area (Å²) >= 11 is 0. The van der Waals surface area contributed by atoms with Crippen LogP contribution in [-0.4, -0.2) is 62.7 Å². The van der Waals surface area contributed by atoms with Gasteiger partial charge in [0.1, 0.15) is 22.8 Å². The van der Waals surface area contributed by atoms with Crippen LogP contribution in [0.3, 0.4) is 0 Å². The first kappa shape index (κ1) is 22.0. The van der Waals surface area contributed by atoms with E-state index in [0.717, 1.165) is 5.56 Å². The maximum absolute atomic E-state index is 13.4. The number of nitrogens with two attached hydrogens (primary N) is 1. The van der Waals surface area contributed by atoms with Crippen LogP contribution in [0.5, 0.6) is 5.75 Å². The van der Waals surface area contributed by atoms with Crippen LogP contribution in [0.15, 0.2) is 34.8 Å². The van der Waals surface area contributed by atoms with Gasteiger partial charge in [0.2, 0.25) is 5.78 Å². The van der Waals surface area contributed by atoms with Crippen molar-refractivity contribution in [3.8, 4) is 5.75 Å². The Morgan fingerprint density at radius 2 is 1.94 bits per heavy atom. The summed E-state index contributed by atoms with van der Waals surface area (Å²) in [5.41, 5.74) is 2.98. The molecule has 6 N–H and O–H groups in total. The minimum atomic E-state index is -2.56. The second kappa shape index (κ2) is 7.44. The van der Waals surface area contributed by atoms with Crippen molar-refractivity contribution in [1.29, 1.82) is 0 Å². The van der Waals surface area contributed by atoms with Crippen molar-refractivity contribution in [2.45, 2.75) is 31.4 Å². The number of carbonyl (C=O) groups is 3. The molecule has 3 aliphatic rings. The highest BCUT2D eigenvalue weighted by Crippen LogP contribution is 2.51. The first-order valence-corrected chi connectivity index (χ1v) is 10.1. The van der Waals surface area contributed by atoms with Gasteiger partial charge in [-0.15, -0.1) is 0 Å². The molecule has 4 rings (SSSR count). The second-order valence-corrected chi connectivity index (χ2v) is 8.48. The lowest BCUT2D eigenvalue weighted by Gasteiger charge is -2.45. The predicted octanol–water partition coefficient (Wildman–Crippen LogP) is 0.574. The van der Waals surface area contributed by atoms with Crippen molar-refractivity contribution in [1.82, 2.24) is 5.06 Å². The Morgan fingerprint density at radius 3 is 2.56 bits per heavy atom. The predicted molar refractivity (Wildman–Crippen MR) is 109 cm³/mol. The molecule has 0 heterocycles. The molecule has 0 saturated heterocycles. The van der Waals surface area contributed by atoms with Crippen LogP contribution in [0.2, 0.25) is 0 Å². The van der Waals surface area contributed by atoms with Crippen molar-refractivity contribution >= 4 is 17.5 Å². The summed E-state index contributed by atoms with van der Waals surface area (Å²) in [6.45, 7) is 0.335. The fourth-order valence-corrected chi connectivity index (χ4v) is 5.14. The Bertz CT molecular complexity index is 1120. The summed E-state index contributed by atoms with van der Waals surface area (Å²) in [7, 11) is 3.21. The number of allylic oxidation sites excluding steroid dienone is 2. The number of fused-ring (bicyclic) bond motifs is 3. The van der Waals surface area contributed by atoms with E-state index in [1.165, 1.54) is 13.2 Å². The van der Waals surface area contributed by atoms with Gasteiger partial charge >= 0.3 is 0 Å². The topological polar surface area (TPSA) is 171 Å². The summed E-state index contributed by atoms with van der Waals surface area (Å²) in [4.78, 5) is 43.1. The summed E-state index contributed by atoms with van der Waals surface area (Å²) in [5.74, 6) is -6.38. The van der Waals surface area contributed by atoms with Crippen LogP contribution in [0.4, 0.5) is 0 Å². The number of hydroxylamine groups is 2. The van der Waals surface area contributed by atoms with Gasteiger partial charge in [-0.25, -0.2) is 0 Å². The van der Waals surface area contributed by atoms with E-state index >= 15 is 0 Å². The number of benzene rings is 1. The van der Waals surface area contributed by atoms with Crippen LogP contribution >= 0.6 is 0 Å². The number of aliphatic hydroxyl groups excluding tert-OH is 2. The Morgan fingerprint density at radius 1 is 1.25 bits per heavy atom. The zero-order chi connectivity index (χ0) is 23.5. The number of Topliss-reactive ketones (excluding diaryl/α,β-unsaturated/α-hetero) is 2. The van der Waals surface area contributed by atoms with Gasteiger partial charge in [-0.1, -0.05) is 6.07 Å². The van der Waals surface area contributed by atoms with E-state index in [1.807, 2.05) is 0 Å². The third-order valence-electron chi connectivity index (χ3n) is 6.75. The van der Waals surface area contributed by atoms with Gasteiger partial charge in [0.05, 0.1) is 12.7 Å². The number of hydrogen-bond donors (Lipinski definition) is 5. The fourth-order valence-electron chi connectivity index (χ4n) is 5.14. The molecule has 3 aliphatic carbocycles. The van der Waals surface area contributed by atoms with Crippen LogP contribution in [-0.2, 0) is 27.4 Å². The normalized spacial score (nSPS) is 27.4. The standard InChI is InChI=1S/C22H24N2O8/c1-24(32-2)8-9-3-4-13(25)16-12(9)6-10-5-11-7-14(26)17(21(23)30)20(29)22(11,31)19(28)15(10)18(16)27/h3-4,10-11,25-26,28,31H,5-8H2,1-2H3,(H2,23,30)/t10-,11+,22+/m1/s1.